The van der Waals surface area contributed by atoms with E-state index in [0.29, 0.717) is 29.0 Å². The molecule has 0 radical (unpaired) electrons. The van der Waals surface area contributed by atoms with Crippen LogP contribution in [0.25, 0.3) is 0 Å². The molecule has 2 aromatic rings. The van der Waals surface area contributed by atoms with Gasteiger partial charge >= 0.3 is 5.97 Å². The number of carbonyl (C=O) groups excluding carboxylic acids is 3. The molecule has 6 heteroatoms. The van der Waals surface area contributed by atoms with Crippen LogP contribution in [-0.2, 0) is 4.74 Å². The van der Waals surface area contributed by atoms with Gasteiger partial charge in [-0.2, -0.15) is 0 Å². The summed E-state index contributed by atoms with van der Waals surface area (Å²) in [6.45, 7) is 2.40. The number of hydrogen-bond donors (Lipinski definition) is 1. The average molecular weight is 384 g/mol. The van der Waals surface area contributed by atoms with Crippen molar-refractivity contribution in [1.82, 2.24) is 0 Å². The number of unbranched alkanes of at least 4 members (excludes halogenated alkanes) is 1. The molecule has 0 unspecified atom stereocenters. The second-order valence-electron chi connectivity index (χ2n) is 6.08. The van der Waals surface area contributed by atoms with E-state index < -0.39 is 11.8 Å². The Morgan fingerprint density at radius 1 is 1.00 bits per heavy atom. The van der Waals surface area contributed by atoms with E-state index in [9.17, 15) is 14.4 Å². The molecule has 1 aliphatic rings. The number of fused-ring (bicyclic) bond motifs is 1. The fourth-order valence-electron chi connectivity index (χ4n) is 2.68. The van der Waals surface area contributed by atoms with Crippen LogP contribution in [0.1, 0.15) is 50.8 Å². The molecule has 1 N–H and O–H groups in total. The largest absolute Gasteiger partial charge is 0.462 e. The summed E-state index contributed by atoms with van der Waals surface area (Å²) in [4.78, 5) is 37.0. The van der Waals surface area contributed by atoms with Crippen LogP contribution in [-0.4, -0.2) is 24.1 Å². The van der Waals surface area contributed by atoms with Gasteiger partial charge in [-0.15, -0.1) is 0 Å². The molecule has 2 aromatic carbocycles. The summed E-state index contributed by atoms with van der Waals surface area (Å²) >= 11 is 6.13. The van der Waals surface area contributed by atoms with E-state index in [1.54, 1.807) is 48.5 Å². The first-order valence-corrected chi connectivity index (χ1v) is 9.03. The molecule has 138 valence electrons. The van der Waals surface area contributed by atoms with Crippen LogP contribution in [0.15, 0.2) is 59.3 Å². The van der Waals surface area contributed by atoms with E-state index >= 15 is 0 Å². The van der Waals surface area contributed by atoms with Crippen molar-refractivity contribution in [3.8, 4) is 0 Å². The number of esters is 1. The highest BCUT2D eigenvalue weighted by molar-refractivity contribution is 6.50. The lowest BCUT2D eigenvalue weighted by molar-refractivity contribution is 0.0499. The van der Waals surface area contributed by atoms with Crippen molar-refractivity contribution >= 4 is 34.8 Å². The number of Topliss-reactive ketones (excluding diaryl/α,β-unsaturated/α-hetero) is 2. The molecule has 0 atom stereocenters. The molecule has 5 nitrogen and oxygen atoms in total. The van der Waals surface area contributed by atoms with Gasteiger partial charge in [0.05, 0.1) is 12.2 Å². The fraction of sp³-hybridized carbons (Fsp3) is 0.190. The Hall–Kier alpha value is -2.92. The first-order valence-electron chi connectivity index (χ1n) is 8.65. The SMILES string of the molecule is CCCCOC(=O)c1ccc(NC2=C(Cl)C(=O)c3ccccc3C2=O)cc1. The predicted octanol–water partition coefficient (Wildman–Crippen LogP) is 4.59. The van der Waals surface area contributed by atoms with E-state index in [4.69, 9.17) is 16.3 Å². The molecule has 0 bridgehead atoms. The Morgan fingerprint density at radius 2 is 1.63 bits per heavy atom. The van der Waals surface area contributed by atoms with Crippen LogP contribution in [0.5, 0.6) is 0 Å². The molecule has 0 aliphatic heterocycles. The lowest BCUT2D eigenvalue weighted by Gasteiger charge is -2.19. The number of ether oxygens (including phenoxy) is 1. The summed E-state index contributed by atoms with van der Waals surface area (Å²) in [5.41, 5.74) is 1.58. The van der Waals surface area contributed by atoms with Crippen molar-refractivity contribution in [1.29, 1.82) is 0 Å². The highest BCUT2D eigenvalue weighted by atomic mass is 35.5. The van der Waals surface area contributed by atoms with Gasteiger partial charge in [-0.05, 0) is 30.7 Å². The van der Waals surface area contributed by atoms with Gasteiger partial charge < -0.3 is 10.1 Å². The van der Waals surface area contributed by atoms with Crippen LogP contribution in [0, 0.1) is 0 Å². The van der Waals surface area contributed by atoms with Gasteiger partial charge in [0.2, 0.25) is 11.6 Å². The molecule has 3 rings (SSSR count). The number of carbonyl (C=O) groups is 3. The molecule has 0 saturated heterocycles. The number of nitrogens with one attached hydrogen (secondary N) is 1. The third kappa shape index (κ3) is 3.93. The second-order valence-corrected chi connectivity index (χ2v) is 6.46. The summed E-state index contributed by atoms with van der Waals surface area (Å²) in [6.07, 6.45) is 1.76. The summed E-state index contributed by atoms with van der Waals surface area (Å²) in [5, 5.41) is 2.74. The molecular formula is C21H18ClNO4. The van der Waals surface area contributed by atoms with Gasteiger partial charge in [-0.3, -0.25) is 9.59 Å². The smallest absolute Gasteiger partial charge is 0.338 e. The number of ketones is 2. The molecular weight excluding hydrogens is 366 g/mol. The van der Waals surface area contributed by atoms with Crippen LogP contribution in [0.2, 0.25) is 0 Å². The molecule has 0 spiro atoms. The van der Waals surface area contributed by atoms with Crippen molar-refractivity contribution in [2.24, 2.45) is 0 Å². The van der Waals surface area contributed by atoms with Gasteiger partial charge in [0.1, 0.15) is 10.7 Å². The molecule has 0 amide bonds. The van der Waals surface area contributed by atoms with Crippen LogP contribution in [0.4, 0.5) is 5.69 Å². The highest BCUT2D eigenvalue weighted by Crippen LogP contribution is 2.29. The van der Waals surface area contributed by atoms with Gasteiger partial charge in [0.25, 0.3) is 0 Å². The monoisotopic (exact) mass is 383 g/mol. The van der Waals surface area contributed by atoms with E-state index in [2.05, 4.69) is 5.32 Å². The number of halogens is 1. The topological polar surface area (TPSA) is 72.5 Å². The third-order valence-corrected chi connectivity index (χ3v) is 4.54. The highest BCUT2D eigenvalue weighted by Gasteiger charge is 2.31. The zero-order valence-corrected chi connectivity index (χ0v) is 15.5. The second kappa shape index (κ2) is 8.18. The number of benzene rings is 2. The third-order valence-electron chi connectivity index (χ3n) is 4.18. The van der Waals surface area contributed by atoms with E-state index in [1.165, 1.54) is 0 Å². The molecule has 0 aromatic heterocycles. The summed E-state index contributed by atoms with van der Waals surface area (Å²) in [7, 11) is 0. The number of hydrogen-bond acceptors (Lipinski definition) is 5. The Balaban J connectivity index is 1.77. The minimum Gasteiger partial charge on any atom is -0.462 e. The maximum atomic E-state index is 12.7. The first-order chi connectivity index (χ1) is 13.0. The number of allylic oxidation sites excluding steroid dienone is 2. The molecule has 0 saturated carbocycles. The van der Waals surface area contributed by atoms with Crippen LogP contribution in [0.3, 0.4) is 0 Å². The zero-order valence-electron chi connectivity index (χ0n) is 14.8. The van der Waals surface area contributed by atoms with Gasteiger partial charge in [-0.1, -0.05) is 49.2 Å². The molecule has 0 fully saturated rings. The van der Waals surface area contributed by atoms with Crippen molar-refractivity contribution in [3.63, 3.8) is 0 Å². The standard InChI is InChI=1S/C21H18ClNO4/c1-2-3-12-27-21(26)13-8-10-14(11-9-13)23-18-17(22)19(24)15-6-4-5-7-16(15)20(18)25/h4-11,23H,2-3,12H2,1H3. The normalized spacial score (nSPS) is 13.4. The van der Waals surface area contributed by atoms with E-state index in [1.807, 2.05) is 6.92 Å². The van der Waals surface area contributed by atoms with Crippen molar-refractivity contribution in [2.45, 2.75) is 19.8 Å². The minimum absolute atomic E-state index is 0.0265. The van der Waals surface area contributed by atoms with Crippen molar-refractivity contribution in [2.75, 3.05) is 11.9 Å². The summed E-state index contributed by atoms with van der Waals surface area (Å²) < 4.78 is 5.16. The molecule has 27 heavy (non-hydrogen) atoms. The van der Waals surface area contributed by atoms with Gasteiger partial charge in [0, 0.05) is 16.8 Å². The first kappa shape index (κ1) is 18.9. The van der Waals surface area contributed by atoms with Crippen molar-refractivity contribution < 1.29 is 19.1 Å². The Kier molecular flexibility index (Phi) is 5.72. The van der Waals surface area contributed by atoms with E-state index in [-0.39, 0.29) is 16.5 Å². The average Bonchev–Trinajstić information content (AvgIpc) is 2.70. The lowest BCUT2D eigenvalue weighted by atomic mass is 9.92. The van der Waals surface area contributed by atoms with Gasteiger partial charge in [0.15, 0.2) is 0 Å². The fourth-order valence-corrected chi connectivity index (χ4v) is 2.92. The maximum Gasteiger partial charge on any atom is 0.338 e. The number of anilines is 1. The molecule has 1 aliphatic carbocycles. The van der Waals surface area contributed by atoms with Crippen molar-refractivity contribution in [3.05, 3.63) is 76.0 Å². The lowest BCUT2D eigenvalue weighted by Crippen LogP contribution is -2.24. The number of rotatable bonds is 6. The minimum atomic E-state index is -0.398. The van der Waals surface area contributed by atoms with E-state index in [0.717, 1.165) is 12.8 Å². The molecule has 0 heterocycles. The van der Waals surface area contributed by atoms with Crippen LogP contribution < -0.4 is 5.32 Å². The maximum absolute atomic E-state index is 12.7. The Labute approximate surface area is 162 Å². The quantitative estimate of drug-likeness (QED) is 0.583. The Bertz CT molecular complexity index is 931. The predicted molar refractivity (Wildman–Crippen MR) is 103 cm³/mol. The summed E-state index contributed by atoms with van der Waals surface area (Å²) in [6, 6.07) is 13.0. The summed E-state index contributed by atoms with van der Waals surface area (Å²) in [5.74, 6) is -1.14. The van der Waals surface area contributed by atoms with Gasteiger partial charge in [-0.25, -0.2) is 4.79 Å². The van der Waals surface area contributed by atoms with Crippen LogP contribution >= 0.6 is 11.6 Å². The Morgan fingerprint density at radius 3 is 2.26 bits per heavy atom. The zero-order chi connectivity index (χ0) is 19.4.